The van der Waals surface area contributed by atoms with Crippen LogP contribution in [-0.4, -0.2) is 29.7 Å². The van der Waals surface area contributed by atoms with Crippen molar-refractivity contribution in [1.29, 1.82) is 0 Å². The third kappa shape index (κ3) is 3.51. The zero-order chi connectivity index (χ0) is 10.4. The number of nitrogens with two attached hydrogens (primary N) is 1. The van der Waals surface area contributed by atoms with Crippen molar-refractivity contribution in [2.45, 2.75) is 31.7 Å². The molecule has 0 spiro atoms. The van der Waals surface area contributed by atoms with E-state index in [2.05, 4.69) is 15.8 Å². The molecule has 0 radical (unpaired) electrons. The molecule has 0 bridgehead atoms. The van der Waals surface area contributed by atoms with Gasteiger partial charge in [0, 0.05) is 19.0 Å². The lowest BCUT2D eigenvalue weighted by atomic mass is 9.93. The van der Waals surface area contributed by atoms with Crippen LogP contribution in [0.4, 0.5) is 4.79 Å². The number of carbonyl (C=O) groups is 1. The molecule has 0 aliphatic heterocycles. The van der Waals surface area contributed by atoms with Gasteiger partial charge in [0.05, 0.1) is 0 Å². The Hall–Kier alpha value is -1.46. The SMILES string of the molecule is NC(CCNC(=O)NC1CCC1)=NO. The lowest BCUT2D eigenvalue weighted by Gasteiger charge is -2.26. The molecule has 0 aromatic carbocycles. The number of urea groups is 1. The molecule has 0 heterocycles. The fraction of sp³-hybridized carbons (Fsp3) is 0.750. The van der Waals surface area contributed by atoms with E-state index < -0.39 is 0 Å². The summed E-state index contributed by atoms with van der Waals surface area (Å²) < 4.78 is 0. The van der Waals surface area contributed by atoms with E-state index in [-0.39, 0.29) is 11.9 Å². The number of amidine groups is 1. The van der Waals surface area contributed by atoms with Crippen molar-refractivity contribution in [2.24, 2.45) is 10.9 Å². The molecule has 0 atom stereocenters. The highest BCUT2D eigenvalue weighted by atomic mass is 16.4. The van der Waals surface area contributed by atoms with Crippen molar-refractivity contribution in [1.82, 2.24) is 10.6 Å². The van der Waals surface area contributed by atoms with Gasteiger partial charge in [-0.15, -0.1) is 0 Å². The number of carbonyl (C=O) groups excluding carboxylic acids is 1. The highest BCUT2D eigenvalue weighted by molar-refractivity contribution is 5.80. The summed E-state index contributed by atoms with van der Waals surface area (Å²) >= 11 is 0. The van der Waals surface area contributed by atoms with Gasteiger partial charge in [0.1, 0.15) is 5.84 Å². The average Bonchev–Trinajstić information content (AvgIpc) is 2.11. The summed E-state index contributed by atoms with van der Waals surface area (Å²) in [7, 11) is 0. The molecule has 6 nitrogen and oxygen atoms in total. The number of hydrogen-bond donors (Lipinski definition) is 4. The minimum absolute atomic E-state index is 0.119. The van der Waals surface area contributed by atoms with Crippen LogP contribution < -0.4 is 16.4 Å². The number of amides is 2. The number of nitrogens with zero attached hydrogens (tertiary/aromatic N) is 1. The van der Waals surface area contributed by atoms with E-state index in [1.807, 2.05) is 0 Å². The summed E-state index contributed by atoms with van der Waals surface area (Å²) in [6.07, 6.45) is 3.67. The normalized spacial score (nSPS) is 17.3. The van der Waals surface area contributed by atoms with E-state index in [4.69, 9.17) is 10.9 Å². The summed E-state index contributed by atoms with van der Waals surface area (Å²) in [6.45, 7) is 0.383. The minimum atomic E-state index is -0.180. The van der Waals surface area contributed by atoms with Gasteiger partial charge in [0.15, 0.2) is 0 Å². The van der Waals surface area contributed by atoms with Crippen LogP contribution in [0, 0.1) is 0 Å². The Kier molecular flexibility index (Phi) is 4.03. The van der Waals surface area contributed by atoms with Crippen molar-refractivity contribution in [3.63, 3.8) is 0 Å². The quantitative estimate of drug-likeness (QED) is 0.222. The monoisotopic (exact) mass is 200 g/mol. The Bertz CT molecular complexity index is 225. The van der Waals surface area contributed by atoms with Crippen LogP contribution >= 0.6 is 0 Å². The number of hydrogen-bond acceptors (Lipinski definition) is 3. The molecule has 6 heteroatoms. The van der Waals surface area contributed by atoms with Gasteiger partial charge in [-0.3, -0.25) is 0 Å². The molecule has 14 heavy (non-hydrogen) atoms. The largest absolute Gasteiger partial charge is 0.409 e. The molecule has 1 aliphatic carbocycles. The van der Waals surface area contributed by atoms with Crippen LogP contribution in [0.1, 0.15) is 25.7 Å². The lowest BCUT2D eigenvalue weighted by molar-refractivity contribution is 0.228. The van der Waals surface area contributed by atoms with Crippen molar-refractivity contribution in [2.75, 3.05) is 6.54 Å². The van der Waals surface area contributed by atoms with E-state index in [0.717, 1.165) is 12.8 Å². The first-order chi connectivity index (χ1) is 6.72. The van der Waals surface area contributed by atoms with Crippen molar-refractivity contribution in [3.8, 4) is 0 Å². The van der Waals surface area contributed by atoms with Crippen LogP contribution in [-0.2, 0) is 0 Å². The molecule has 5 N–H and O–H groups in total. The molecule has 0 saturated heterocycles. The van der Waals surface area contributed by atoms with Crippen molar-refractivity contribution >= 4 is 11.9 Å². The smallest absolute Gasteiger partial charge is 0.315 e. The van der Waals surface area contributed by atoms with E-state index in [9.17, 15) is 4.79 Å². The molecular weight excluding hydrogens is 184 g/mol. The Balaban J connectivity index is 2.02. The summed E-state index contributed by atoms with van der Waals surface area (Å²) in [5.41, 5.74) is 5.23. The number of nitrogens with one attached hydrogen (secondary N) is 2. The molecule has 0 aromatic rings. The van der Waals surface area contributed by atoms with Crippen LogP contribution in [0.5, 0.6) is 0 Å². The van der Waals surface area contributed by atoms with Gasteiger partial charge >= 0.3 is 6.03 Å². The zero-order valence-electron chi connectivity index (χ0n) is 7.99. The Morgan fingerprint density at radius 3 is 2.79 bits per heavy atom. The highest BCUT2D eigenvalue weighted by Crippen LogP contribution is 2.17. The molecule has 0 unspecified atom stereocenters. The molecule has 0 aromatic heterocycles. The van der Waals surface area contributed by atoms with Gasteiger partial charge in [-0.1, -0.05) is 5.16 Å². The molecule has 1 fully saturated rings. The fourth-order valence-corrected chi connectivity index (χ4v) is 1.14. The Labute approximate surface area is 82.5 Å². The van der Waals surface area contributed by atoms with Gasteiger partial charge in [-0.2, -0.15) is 0 Å². The second-order valence-corrected chi connectivity index (χ2v) is 3.37. The van der Waals surface area contributed by atoms with Gasteiger partial charge in [-0.25, -0.2) is 4.79 Å². The maximum Gasteiger partial charge on any atom is 0.315 e. The summed E-state index contributed by atoms with van der Waals surface area (Å²) in [5, 5.41) is 16.5. The van der Waals surface area contributed by atoms with Crippen LogP contribution in [0.3, 0.4) is 0 Å². The predicted octanol–water partition coefficient (Wildman–Crippen LogP) is -0.0254. The summed E-state index contributed by atoms with van der Waals surface area (Å²) in [5.74, 6) is 0.119. The molecule has 1 aliphatic rings. The fourth-order valence-electron chi connectivity index (χ4n) is 1.14. The maximum absolute atomic E-state index is 11.2. The summed E-state index contributed by atoms with van der Waals surface area (Å²) in [6, 6.07) is 0.152. The standard InChI is InChI=1S/C8H16N4O2/c9-7(12-14)4-5-10-8(13)11-6-2-1-3-6/h6,14H,1-5H2,(H2,9,12)(H2,10,11,13). The third-order valence-electron chi connectivity index (χ3n) is 2.24. The molecule has 1 rings (SSSR count). The van der Waals surface area contributed by atoms with Crippen molar-refractivity contribution in [3.05, 3.63) is 0 Å². The third-order valence-corrected chi connectivity index (χ3v) is 2.24. The van der Waals surface area contributed by atoms with Gasteiger partial charge in [0.2, 0.25) is 0 Å². The maximum atomic E-state index is 11.2. The second kappa shape index (κ2) is 5.31. The topological polar surface area (TPSA) is 99.7 Å². The zero-order valence-corrected chi connectivity index (χ0v) is 7.99. The van der Waals surface area contributed by atoms with Gasteiger partial charge in [-0.05, 0) is 19.3 Å². The first kappa shape index (κ1) is 10.6. The number of rotatable bonds is 4. The lowest BCUT2D eigenvalue weighted by Crippen LogP contribution is -2.45. The first-order valence-electron chi connectivity index (χ1n) is 4.73. The van der Waals surface area contributed by atoms with Gasteiger partial charge in [0.25, 0.3) is 0 Å². The first-order valence-corrected chi connectivity index (χ1v) is 4.73. The number of oxime groups is 1. The van der Waals surface area contributed by atoms with Crippen LogP contribution in [0.15, 0.2) is 5.16 Å². The summed E-state index contributed by atoms with van der Waals surface area (Å²) in [4.78, 5) is 11.2. The molecule has 2 amide bonds. The van der Waals surface area contributed by atoms with Crippen LogP contribution in [0.25, 0.3) is 0 Å². The molecule has 80 valence electrons. The molecular formula is C8H16N4O2. The second-order valence-electron chi connectivity index (χ2n) is 3.37. The Morgan fingerprint density at radius 1 is 1.57 bits per heavy atom. The minimum Gasteiger partial charge on any atom is -0.409 e. The van der Waals surface area contributed by atoms with Crippen LogP contribution in [0.2, 0.25) is 0 Å². The van der Waals surface area contributed by atoms with Gasteiger partial charge < -0.3 is 21.6 Å². The highest BCUT2D eigenvalue weighted by Gasteiger charge is 2.18. The van der Waals surface area contributed by atoms with E-state index >= 15 is 0 Å². The average molecular weight is 200 g/mol. The van der Waals surface area contributed by atoms with E-state index in [1.54, 1.807) is 0 Å². The predicted molar refractivity (Wildman–Crippen MR) is 52.2 cm³/mol. The Morgan fingerprint density at radius 2 is 2.29 bits per heavy atom. The molecule has 1 saturated carbocycles. The van der Waals surface area contributed by atoms with Crippen molar-refractivity contribution < 1.29 is 10.0 Å². The van der Waals surface area contributed by atoms with E-state index in [1.165, 1.54) is 6.42 Å². The van der Waals surface area contributed by atoms with E-state index in [0.29, 0.717) is 19.0 Å².